The third-order valence-electron chi connectivity index (χ3n) is 8.09. The Morgan fingerprint density at radius 2 is 1.37 bits per heavy atom. The summed E-state index contributed by atoms with van der Waals surface area (Å²) >= 11 is 8.08. The van der Waals surface area contributed by atoms with Crippen molar-refractivity contribution >= 4 is 63.1 Å². The Hall–Kier alpha value is -4.45. The van der Waals surface area contributed by atoms with Gasteiger partial charge < -0.3 is 14.2 Å². The number of hydrogen-bond acceptors (Lipinski definition) is 9. The minimum absolute atomic E-state index is 0.267. The van der Waals surface area contributed by atoms with Gasteiger partial charge in [-0.3, -0.25) is 24.5 Å². The van der Waals surface area contributed by atoms with Crippen molar-refractivity contribution in [3.8, 4) is 17.2 Å². The van der Waals surface area contributed by atoms with Gasteiger partial charge in [0.15, 0.2) is 0 Å². The zero-order chi connectivity index (χ0) is 34.3. The molecule has 4 aromatic rings. The molecule has 252 valence electrons. The fourth-order valence-electron chi connectivity index (χ4n) is 5.64. The molecule has 2 aliphatic heterocycles. The molecule has 2 aliphatic rings. The number of thioether (sulfide) groups is 2. The van der Waals surface area contributed by atoms with Gasteiger partial charge in [-0.1, -0.05) is 83.7 Å². The number of nitrogens with one attached hydrogen (secondary N) is 1. The molecule has 0 bridgehead atoms. The van der Waals surface area contributed by atoms with Gasteiger partial charge >= 0.3 is 0 Å². The molecule has 4 amide bonds. The zero-order valence-electron chi connectivity index (χ0n) is 26.6. The predicted octanol–water partition coefficient (Wildman–Crippen LogP) is 7.30. The molecule has 2 fully saturated rings. The van der Waals surface area contributed by atoms with Crippen LogP contribution < -0.4 is 24.4 Å². The molecular weight excluding hydrogens is 684 g/mol. The van der Waals surface area contributed by atoms with Gasteiger partial charge in [0.25, 0.3) is 10.5 Å². The van der Waals surface area contributed by atoms with Gasteiger partial charge in [0.05, 0.1) is 36.5 Å². The molecular formula is C37H33ClN2O7S2. The second kappa shape index (κ2) is 15.8. The lowest BCUT2D eigenvalue weighted by molar-refractivity contribution is -0.119. The highest BCUT2D eigenvalue weighted by Crippen LogP contribution is 2.40. The summed E-state index contributed by atoms with van der Waals surface area (Å²) in [4.78, 5) is 51.2. The van der Waals surface area contributed by atoms with Crippen LogP contribution in [-0.4, -0.2) is 53.1 Å². The third kappa shape index (κ3) is 8.59. The van der Waals surface area contributed by atoms with Crippen molar-refractivity contribution in [2.24, 2.45) is 0 Å². The van der Waals surface area contributed by atoms with Crippen LogP contribution in [0, 0.1) is 0 Å². The van der Waals surface area contributed by atoms with E-state index in [1.807, 2.05) is 78.9 Å². The molecule has 0 aliphatic carbocycles. The van der Waals surface area contributed by atoms with Crippen LogP contribution in [-0.2, 0) is 35.3 Å². The van der Waals surface area contributed by atoms with E-state index in [2.05, 4.69) is 5.32 Å². The smallest absolute Gasteiger partial charge is 0.293 e. The molecule has 49 heavy (non-hydrogen) atoms. The molecule has 4 aromatic carbocycles. The number of nitrogens with zero attached hydrogens (tertiary/aromatic N) is 1. The molecule has 2 heterocycles. The molecule has 2 unspecified atom stereocenters. The normalized spacial score (nSPS) is 17.4. The van der Waals surface area contributed by atoms with Crippen molar-refractivity contribution in [3.63, 3.8) is 0 Å². The van der Waals surface area contributed by atoms with E-state index in [4.69, 9.17) is 25.8 Å². The molecule has 6 rings (SSSR count). The van der Waals surface area contributed by atoms with Crippen LogP contribution in [0.25, 0.3) is 0 Å². The Morgan fingerprint density at radius 3 is 1.98 bits per heavy atom. The van der Waals surface area contributed by atoms with Crippen molar-refractivity contribution < 1.29 is 33.4 Å². The summed E-state index contributed by atoms with van der Waals surface area (Å²) in [6, 6.07) is 28.1. The fourth-order valence-corrected chi connectivity index (χ4v) is 7.73. The number of para-hydroxylation sites is 1. The molecule has 0 saturated carbocycles. The number of halogens is 1. The maximum Gasteiger partial charge on any atom is 0.293 e. The van der Waals surface area contributed by atoms with Crippen LogP contribution in [0.2, 0.25) is 5.02 Å². The van der Waals surface area contributed by atoms with E-state index in [1.54, 1.807) is 12.1 Å². The van der Waals surface area contributed by atoms with Crippen LogP contribution in [0.1, 0.15) is 22.3 Å². The number of amides is 4. The molecule has 12 heteroatoms. The highest BCUT2D eigenvalue weighted by molar-refractivity contribution is 8.16. The van der Waals surface area contributed by atoms with Gasteiger partial charge in [0, 0.05) is 17.9 Å². The molecule has 2 atom stereocenters. The van der Waals surface area contributed by atoms with Gasteiger partial charge in [-0.05, 0) is 77.6 Å². The molecule has 1 N–H and O–H groups in total. The summed E-state index contributed by atoms with van der Waals surface area (Å²) in [7, 11) is 1.52. The van der Waals surface area contributed by atoms with E-state index >= 15 is 0 Å². The van der Waals surface area contributed by atoms with Crippen molar-refractivity contribution in [3.05, 3.63) is 118 Å². The maximum absolute atomic E-state index is 13.6. The molecule has 2 saturated heterocycles. The first-order valence-corrected chi connectivity index (χ1v) is 17.8. The van der Waals surface area contributed by atoms with E-state index in [-0.39, 0.29) is 22.3 Å². The van der Waals surface area contributed by atoms with Crippen molar-refractivity contribution in [1.29, 1.82) is 0 Å². The monoisotopic (exact) mass is 716 g/mol. The average molecular weight is 717 g/mol. The average Bonchev–Trinajstić information content (AvgIpc) is 3.56. The standard InChI is InChI=1S/C37H33ClN2O7S2/c1-45-33-26(17-19-47-29-12-8-24(9-13-29)21-31-34(41)39-36(43)48-31)5-3-7-30(33)40-35(42)32(49-37(40)44)22-25-10-14-28(15-11-25)46-18-16-23-4-2-6-27(38)20-23/h2-15,20,31-32H,16-19,21-22H2,1H3,(H,39,41,43). The number of methoxy groups -OCH3 is 1. The number of ether oxygens (including phenoxy) is 3. The summed E-state index contributed by atoms with van der Waals surface area (Å²) in [5, 5.41) is 1.35. The highest BCUT2D eigenvalue weighted by atomic mass is 35.5. The quantitative estimate of drug-likeness (QED) is 0.144. The Kier molecular flexibility index (Phi) is 11.1. The second-order valence-electron chi connectivity index (χ2n) is 11.4. The van der Waals surface area contributed by atoms with Gasteiger partial charge in [0.1, 0.15) is 17.2 Å². The van der Waals surface area contributed by atoms with Crippen molar-refractivity contribution in [2.75, 3.05) is 25.2 Å². The fraction of sp³-hybridized carbons (Fsp3) is 0.243. The molecule has 0 spiro atoms. The maximum atomic E-state index is 13.6. The van der Waals surface area contributed by atoms with Gasteiger partial charge in [0.2, 0.25) is 11.8 Å². The minimum Gasteiger partial charge on any atom is -0.494 e. The number of carbonyl (C=O) groups is 4. The van der Waals surface area contributed by atoms with Crippen LogP contribution >= 0.6 is 35.1 Å². The third-order valence-corrected chi connectivity index (χ3v) is 10.3. The molecule has 9 nitrogen and oxygen atoms in total. The Morgan fingerprint density at radius 1 is 0.735 bits per heavy atom. The molecule has 0 aromatic heterocycles. The van der Waals surface area contributed by atoms with Crippen LogP contribution in [0.3, 0.4) is 0 Å². The first-order chi connectivity index (χ1) is 23.8. The minimum atomic E-state index is -0.566. The van der Waals surface area contributed by atoms with Crippen LogP contribution in [0.4, 0.5) is 15.3 Å². The van der Waals surface area contributed by atoms with Gasteiger partial charge in [-0.15, -0.1) is 0 Å². The van der Waals surface area contributed by atoms with E-state index in [0.29, 0.717) is 54.7 Å². The first-order valence-electron chi connectivity index (χ1n) is 15.7. The van der Waals surface area contributed by atoms with E-state index in [0.717, 1.165) is 57.9 Å². The number of benzene rings is 4. The van der Waals surface area contributed by atoms with Crippen molar-refractivity contribution in [2.45, 2.75) is 36.2 Å². The summed E-state index contributed by atoms with van der Waals surface area (Å²) < 4.78 is 17.6. The summed E-state index contributed by atoms with van der Waals surface area (Å²) in [6.07, 6.45) is 2.05. The largest absolute Gasteiger partial charge is 0.494 e. The SMILES string of the molecule is COc1c(CCOc2ccc(CC3SC(=O)NC3=O)cc2)cccc1N1C(=O)SC(Cc2ccc(OCCc3cccc(Cl)c3)cc2)C1=O. The molecule has 0 radical (unpaired) electrons. The number of imide groups is 2. The van der Waals surface area contributed by atoms with Crippen LogP contribution in [0.15, 0.2) is 91.0 Å². The lowest BCUT2D eigenvalue weighted by atomic mass is 10.1. The first kappa shape index (κ1) is 34.4. The van der Waals surface area contributed by atoms with E-state index < -0.39 is 10.5 Å². The number of hydrogen-bond donors (Lipinski definition) is 1. The van der Waals surface area contributed by atoms with Gasteiger partial charge in [-0.2, -0.15) is 0 Å². The predicted molar refractivity (Wildman–Crippen MR) is 192 cm³/mol. The van der Waals surface area contributed by atoms with Gasteiger partial charge in [-0.25, -0.2) is 4.90 Å². The van der Waals surface area contributed by atoms with E-state index in [1.165, 1.54) is 12.0 Å². The lowest BCUT2D eigenvalue weighted by Crippen LogP contribution is -2.32. The second-order valence-corrected chi connectivity index (χ2v) is 14.2. The Balaban J connectivity index is 1.02. The summed E-state index contributed by atoms with van der Waals surface area (Å²) in [6.45, 7) is 0.835. The van der Waals surface area contributed by atoms with Crippen molar-refractivity contribution in [1.82, 2.24) is 5.32 Å². The lowest BCUT2D eigenvalue weighted by Gasteiger charge is -2.20. The summed E-state index contributed by atoms with van der Waals surface area (Å²) in [5.74, 6) is 1.27. The topological polar surface area (TPSA) is 111 Å². The Labute approximate surface area is 297 Å². The summed E-state index contributed by atoms with van der Waals surface area (Å²) in [5.41, 5.74) is 4.15. The van der Waals surface area contributed by atoms with E-state index in [9.17, 15) is 19.2 Å². The number of rotatable bonds is 14. The Bertz CT molecular complexity index is 1850. The number of anilines is 1. The number of carbonyl (C=O) groups excluding carboxylic acids is 4. The van der Waals surface area contributed by atoms with Crippen LogP contribution in [0.5, 0.6) is 17.2 Å². The highest BCUT2D eigenvalue weighted by Gasteiger charge is 2.42. The zero-order valence-corrected chi connectivity index (χ0v) is 28.9.